The second kappa shape index (κ2) is 13.6. The molecule has 0 saturated heterocycles. The summed E-state index contributed by atoms with van der Waals surface area (Å²) in [7, 11) is -3.82. The molecule has 0 bridgehead atoms. The number of sulfonamides is 1. The van der Waals surface area contributed by atoms with E-state index in [1.165, 1.54) is 4.90 Å². The summed E-state index contributed by atoms with van der Waals surface area (Å²) in [6.07, 6.45) is 1.40. The highest BCUT2D eigenvalue weighted by atomic mass is 32.2. The predicted molar refractivity (Wildman–Crippen MR) is 162 cm³/mol. The van der Waals surface area contributed by atoms with Crippen LogP contribution in [0.3, 0.4) is 0 Å². The molecule has 7 nitrogen and oxygen atoms in total. The Labute approximate surface area is 239 Å². The number of nitrogens with one attached hydrogen (secondary N) is 1. The van der Waals surface area contributed by atoms with Gasteiger partial charge in [-0.15, -0.1) is 0 Å². The smallest absolute Gasteiger partial charge is 0.244 e. The minimum atomic E-state index is -3.82. The Morgan fingerprint density at radius 2 is 1.48 bits per heavy atom. The molecular formula is C32H41N3O4S. The number of anilines is 1. The molecule has 8 heteroatoms. The van der Waals surface area contributed by atoms with Crippen molar-refractivity contribution in [1.29, 1.82) is 0 Å². The van der Waals surface area contributed by atoms with Crippen molar-refractivity contribution in [1.82, 2.24) is 10.2 Å². The monoisotopic (exact) mass is 563 g/mol. The summed E-state index contributed by atoms with van der Waals surface area (Å²) in [4.78, 5) is 29.3. The molecule has 0 aliphatic carbocycles. The summed E-state index contributed by atoms with van der Waals surface area (Å²) < 4.78 is 27.3. The topological polar surface area (TPSA) is 86.8 Å². The van der Waals surface area contributed by atoms with Gasteiger partial charge in [-0.05, 0) is 49.4 Å². The maximum atomic E-state index is 14.2. The molecule has 1 N–H and O–H groups in total. The molecule has 40 heavy (non-hydrogen) atoms. The predicted octanol–water partition coefficient (Wildman–Crippen LogP) is 5.05. The lowest BCUT2D eigenvalue weighted by Crippen LogP contribution is -2.54. The van der Waals surface area contributed by atoms with Crippen LogP contribution in [0.2, 0.25) is 0 Å². The first-order valence-electron chi connectivity index (χ1n) is 13.6. The Kier molecular flexibility index (Phi) is 10.5. The van der Waals surface area contributed by atoms with E-state index in [2.05, 4.69) is 5.32 Å². The third kappa shape index (κ3) is 8.42. The number of para-hydroxylation sites is 1. The molecule has 3 aromatic carbocycles. The number of benzene rings is 3. The van der Waals surface area contributed by atoms with Crippen LogP contribution < -0.4 is 9.62 Å². The quantitative estimate of drug-likeness (QED) is 0.334. The van der Waals surface area contributed by atoms with Crippen molar-refractivity contribution in [2.75, 3.05) is 17.1 Å². The molecule has 1 atom stereocenters. The van der Waals surface area contributed by atoms with Gasteiger partial charge in [0.1, 0.15) is 12.6 Å². The Morgan fingerprint density at radius 3 is 2.08 bits per heavy atom. The first kappa shape index (κ1) is 30.9. The van der Waals surface area contributed by atoms with Gasteiger partial charge < -0.3 is 10.2 Å². The first-order valence-corrected chi connectivity index (χ1v) is 15.5. The van der Waals surface area contributed by atoms with E-state index >= 15 is 0 Å². The van der Waals surface area contributed by atoms with E-state index in [4.69, 9.17) is 0 Å². The lowest BCUT2D eigenvalue weighted by molar-refractivity contribution is -0.140. The fraction of sp³-hybridized carbons (Fsp3) is 0.375. The van der Waals surface area contributed by atoms with Gasteiger partial charge >= 0.3 is 0 Å². The summed E-state index contributed by atoms with van der Waals surface area (Å²) in [5.74, 6) is -0.694. The number of carbonyl (C=O) groups excluding carboxylic acids is 2. The fourth-order valence-corrected chi connectivity index (χ4v) is 5.61. The molecule has 0 aromatic heterocycles. The third-order valence-electron chi connectivity index (χ3n) is 6.64. The van der Waals surface area contributed by atoms with Crippen molar-refractivity contribution < 1.29 is 18.0 Å². The normalized spacial score (nSPS) is 12.3. The molecule has 214 valence electrons. The molecule has 3 aromatic rings. The van der Waals surface area contributed by atoms with Crippen LogP contribution in [0.1, 0.15) is 55.9 Å². The van der Waals surface area contributed by atoms with Crippen molar-refractivity contribution >= 4 is 27.5 Å². The number of hydrogen-bond donors (Lipinski definition) is 1. The number of amides is 2. The van der Waals surface area contributed by atoms with Gasteiger partial charge in [0.05, 0.1) is 11.9 Å². The SMILES string of the molecule is Cc1cccc(CN(C(=O)CN(c2ccccc2C(C)C)S(C)(=O)=O)[C@@H](Cc2ccccc2)C(=O)NC(C)C)c1. The van der Waals surface area contributed by atoms with Gasteiger partial charge in [0.2, 0.25) is 21.8 Å². The lowest BCUT2D eigenvalue weighted by atomic mass is 10.0. The zero-order valence-corrected chi connectivity index (χ0v) is 25.1. The van der Waals surface area contributed by atoms with E-state index in [0.717, 1.165) is 32.8 Å². The van der Waals surface area contributed by atoms with E-state index in [9.17, 15) is 18.0 Å². The molecule has 0 fully saturated rings. The number of aryl methyl sites for hydroxylation is 1. The van der Waals surface area contributed by atoms with E-state index in [-0.39, 0.29) is 24.4 Å². The van der Waals surface area contributed by atoms with Crippen molar-refractivity contribution in [3.05, 3.63) is 101 Å². The van der Waals surface area contributed by atoms with Crippen LogP contribution in [0.25, 0.3) is 0 Å². The highest BCUT2D eigenvalue weighted by molar-refractivity contribution is 7.92. The van der Waals surface area contributed by atoms with Gasteiger partial charge in [-0.25, -0.2) is 8.42 Å². The standard InChI is InChI=1S/C32H41N3O4S/c1-23(2)28-17-10-11-18-29(28)35(40(6,38)39)22-31(36)34(21-27-16-12-13-25(5)19-27)30(32(37)33-24(3)4)20-26-14-8-7-9-15-26/h7-19,23-24,30H,20-22H2,1-6H3,(H,33,37)/t30-/m0/s1. The lowest BCUT2D eigenvalue weighted by Gasteiger charge is -2.34. The average molecular weight is 564 g/mol. The highest BCUT2D eigenvalue weighted by Gasteiger charge is 2.33. The number of rotatable bonds is 12. The summed E-state index contributed by atoms with van der Waals surface area (Å²) in [5.41, 5.74) is 4.08. The molecule has 0 aliphatic heterocycles. The Balaban J connectivity index is 2.09. The van der Waals surface area contributed by atoms with E-state index < -0.39 is 28.5 Å². The van der Waals surface area contributed by atoms with Gasteiger partial charge in [-0.2, -0.15) is 0 Å². The van der Waals surface area contributed by atoms with E-state index in [1.807, 2.05) is 101 Å². The Bertz CT molecular complexity index is 1400. The summed E-state index contributed by atoms with van der Waals surface area (Å²) in [6.45, 7) is 9.42. The molecular weight excluding hydrogens is 522 g/mol. The molecule has 0 spiro atoms. The van der Waals surface area contributed by atoms with Crippen LogP contribution in [0.15, 0.2) is 78.9 Å². The van der Waals surface area contributed by atoms with Gasteiger partial charge in [0, 0.05) is 19.0 Å². The van der Waals surface area contributed by atoms with Crippen LogP contribution in [-0.2, 0) is 32.6 Å². The fourth-order valence-electron chi connectivity index (χ4n) is 4.74. The van der Waals surface area contributed by atoms with Crippen LogP contribution in [-0.4, -0.2) is 50.0 Å². The maximum absolute atomic E-state index is 14.2. The minimum Gasteiger partial charge on any atom is -0.352 e. The molecule has 0 aliphatic rings. The molecule has 0 radical (unpaired) electrons. The molecule has 0 heterocycles. The summed E-state index contributed by atoms with van der Waals surface area (Å²) in [6, 6.07) is 23.6. The number of hydrogen-bond acceptors (Lipinski definition) is 4. The van der Waals surface area contributed by atoms with Crippen LogP contribution in [0.4, 0.5) is 5.69 Å². The molecule has 3 rings (SSSR count). The second-order valence-electron chi connectivity index (χ2n) is 10.9. The Hall–Kier alpha value is -3.65. The average Bonchev–Trinajstić information content (AvgIpc) is 2.88. The Morgan fingerprint density at radius 1 is 0.850 bits per heavy atom. The van der Waals surface area contributed by atoms with Crippen molar-refractivity contribution in [2.24, 2.45) is 0 Å². The van der Waals surface area contributed by atoms with E-state index in [1.54, 1.807) is 12.1 Å². The van der Waals surface area contributed by atoms with Crippen LogP contribution in [0.5, 0.6) is 0 Å². The zero-order valence-electron chi connectivity index (χ0n) is 24.3. The maximum Gasteiger partial charge on any atom is 0.244 e. The van der Waals surface area contributed by atoms with Crippen molar-refractivity contribution in [3.8, 4) is 0 Å². The van der Waals surface area contributed by atoms with Crippen molar-refractivity contribution in [2.45, 2.75) is 65.6 Å². The first-order chi connectivity index (χ1) is 18.9. The van der Waals surface area contributed by atoms with E-state index in [0.29, 0.717) is 12.1 Å². The van der Waals surface area contributed by atoms with Crippen LogP contribution in [0, 0.1) is 6.92 Å². The second-order valence-corrected chi connectivity index (χ2v) is 12.8. The molecule has 2 amide bonds. The third-order valence-corrected chi connectivity index (χ3v) is 7.77. The van der Waals surface area contributed by atoms with Gasteiger partial charge in [0.15, 0.2) is 0 Å². The highest BCUT2D eigenvalue weighted by Crippen LogP contribution is 2.29. The number of carbonyl (C=O) groups is 2. The molecule has 0 unspecified atom stereocenters. The van der Waals surface area contributed by atoms with Crippen molar-refractivity contribution in [3.63, 3.8) is 0 Å². The number of nitrogens with zero attached hydrogens (tertiary/aromatic N) is 2. The van der Waals surface area contributed by atoms with Crippen LogP contribution >= 0.6 is 0 Å². The summed E-state index contributed by atoms with van der Waals surface area (Å²) >= 11 is 0. The summed E-state index contributed by atoms with van der Waals surface area (Å²) in [5, 5.41) is 2.97. The largest absolute Gasteiger partial charge is 0.352 e. The molecule has 0 saturated carbocycles. The minimum absolute atomic E-state index is 0.0431. The van der Waals surface area contributed by atoms with Gasteiger partial charge in [0.25, 0.3) is 0 Å². The van der Waals surface area contributed by atoms with Gasteiger partial charge in [-0.1, -0.05) is 92.2 Å². The van der Waals surface area contributed by atoms with Gasteiger partial charge in [-0.3, -0.25) is 13.9 Å². The zero-order chi connectivity index (χ0) is 29.4.